The molecule has 1 atom stereocenters. The first kappa shape index (κ1) is 20.2. The van der Waals surface area contributed by atoms with Crippen LogP contribution in [0.15, 0.2) is 18.2 Å². The highest BCUT2D eigenvalue weighted by Gasteiger charge is 2.35. The van der Waals surface area contributed by atoms with E-state index in [1.807, 2.05) is 0 Å². The highest BCUT2D eigenvalue weighted by Crippen LogP contribution is 2.35. The number of piperidine rings is 1. The van der Waals surface area contributed by atoms with Gasteiger partial charge >= 0.3 is 0 Å². The third kappa shape index (κ3) is 4.16. The van der Waals surface area contributed by atoms with E-state index in [1.54, 1.807) is 30.0 Å². The number of carbonyl (C=O) groups excluding carboxylic acids is 2. The molecule has 2 heterocycles. The number of rotatable bonds is 5. The van der Waals surface area contributed by atoms with Crippen molar-refractivity contribution in [3.63, 3.8) is 0 Å². The van der Waals surface area contributed by atoms with Crippen molar-refractivity contribution in [3.05, 3.63) is 18.2 Å². The molecule has 1 fully saturated rings. The van der Waals surface area contributed by atoms with Crippen molar-refractivity contribution >= 4 is 27.5 Å². The fourth-order valence-electron chi connectivity index (χ4n) is 3.62. The zero-order valence-corrected chi connectivity index (χ0v) is 16.8. The third-order valence-electron chi connectivity index (χ3n) is 5.06. The standard InChI is InChI=1S/C18H25N3O6S/c1-12(18(23)20-7-5-13(6-8-20)17(19)22)21(28(2,24)25)14-3-4-15-16(11-14)27-10-9-26-15/h3-4,11-13H,5-10H2,1-2H3,(H2,19,22)/t12-/m0/s1. The van der Waals surface area contributed by atoms with Crippen LogP contribution in [0, 0.1) is 5.92 Å². The summed E-state index contributed by atoms with van der Waals surface area (Å²) < 4.78 is 37.1. The Bertz CT molecular complexity index is 864. The number of benzene rings is 1. The number of amides is 2. The Morgan fingerprint density at radius 1 is 1.18 bits per heavy atom. The number of ether oxygens (including phenoxy) is 2. The molecule has 0 unspecified atom stereocenters. The average Bonchev–Trinajstić information content (AvgIpc) is 2.66. The minimum atomic E-state index is -3.74. The van der Waals surface area contributed by atoms with Crippen LogP contribution in [0.2, 0.25) is 0 Å². The summed E-state index contributed by atoms with van der Waals surface area (Å²) in [5.74, 6) is 0.0517. The molecular weight excluding hydrogens is 386 g/mol. The fraction of sp³-hybridized carbons (Fsp3) is 0.556. The largest absolute Gasteiger partial charge is 0.486 e. The van der Waals surface area contributed by atoms with Crippen LogP contribution in [0.25, 0.3) is 0 Å². The summed E-state index contributed by atoms with van der Waals surface area (Å²) in [6.07, 6.45) is 2.03. The van der Waals surface area contributed by atoms with Crippen LogP contribution in [0.4, 0.5) is 5.69 Å². The molecule has 28 heavy (non-hydrogen) atoms. The number of nitrogens with zero attached hydrogens (tertiary/aromatic N) is 2. The Balaban J connectivity index is 1.82. The molecule has 0 spiro atoms. The molecule has 3 rings (SSSR count). The van der Waals surface area contributed by atoms with Gasteiger partial charge in [-0.15, -0.1) is 0 Å². The summed E-state index contributed by atoms with van der Waals surface area (Å²) in [6, 6.07) is 3.86. The highest BCUT2D eigenvalue weighted by molar-refractivity contribution is 7.92. The molecule has 0 radical (unpaired) electrons. The lowest BCUT2D eigenvalue weighted by Crippen LogP contribution is -2.52. The number of hydrogen-bond acceptors (Lipinski definition) is 6. The van der Waals surface area contributed by atoms with Crippen molar-refractivity contribution in [2.24, 2.45) is 11.7 Å². The second kappa shape index (κ2) is 7.86. The van der Waals surface area contributed by atoms with Gasteiger partial charge < -0.3 is 20.1 Å². The minimum Gasteiger partial charge on any atom is -0.486 e. The first-order valence-electron chi connectivity index (χ1n) is 9.15. The zero-order chi connectivity index (χ0) is 20.5. The van der Waals surface area contributed by atoms with E-state index in [1.165, 1.54) is 0 Å². The van der Waals surface area contributed by atoms with E-state index in [9.17, 15) is 18.0 Å². The number of carbonyl (C=O) groups is 2. The van der Waals surface area contributed by atoms with E-state index in [2.05, 4.69) is 0 Å². The van der Waals surface area contributed by atoms with Gasteiger partial charge in [-0.1, -0.05) is 0 Å². The number of fused-ring (bicyclic) bond motifs is 1. The molecule has 9 nitrogen and oxygen atoms in total. The van der Waals surface area contributed by atoms with Crippen LogP contribution in [-0.2, 0) is 19.6 Å². The van der Waals surface area contributed by atoms with Crippen molar-refractivity contribution < 1.29 is 27.5 Å². The van der Waals surface area contributed by atoms with E-state index in [0.717, 1.165) is 10.6 Å². The minimum absolute atomic E-state index is 0.247. The number of nitrogens with two attached hydrogens (primary N) is 1. The average molecular weight is 411 g/mol. The molecule has 1 aromatic rings. The van der Waals surface area contributed by atoms with Gasteiger partial charge in [0.05, 0.1) is 11.9 Å². The van der Waals surface area contributed by atoms with Crippen LogP contribution in [-0.4, -0.2) is 63.7 Å². The maximum absolute atomic E-state index is 13.0. The second-order valence-corrected chi connectivity index (χ2v) is 8.92. The molecule has 0 saturated carbocycles. The van der Waals surface area contributed by atoms with Crippen molar-refractivity contribution in [1.82, 2.24) is 4.90 Å². The monoisotopic (exact) mass is 411 g/mol. The van der Waals surface area contributed by atoms with Crippen LogP contribution >= 0.6 is 0 Å². The van der Waals surface area contributed by atoms with Crippen LogP contribution in [0.3, 0.4) is 0 Å². The van der Waals surface area contributed by atoms with E-state index >= 15 is 0 Å². The van der Waals surface area contributed by atoms with Gasteiger partial charge in [0.25, 0.3) is 0 Å². The predicted molar refractivity (Wildman–Crippen MR) is 103 cm³/mol. The summed E-state index contributed by atoms with van der Waals surface area (Å²) in [7, 11) is -3.74. The summed E-state index contributed by atoms with van der Waals surface area (Å²) in [5, 5.41) is 0. The van der Waals surface area contributed by atoms with Crippen molar-refractivity contribution in [3.8, 4) is 11.5 Å². The van der Waals surface area contributed by atoms with Gasteiger partial charge in [-0.3, -0.25) is 13.9 Å². The lowest BCUT2D eigenvalue weighted by Gasteiger charge is -2.36. The summed E-state index contributed by atoms with van der Waals surface area (Å²) in [6.45, 7) is 3.10. The number of anilines is 1. The van der Waals surface area contributed by atoms with E-state index < -0.39 is 16.1 Å². The molecule has 0 aromatic heterocycles. The van der Waals surface area contributed by atoms with Gasteiger partial charge in [0.1, 0.15) is 19.3 Å². The molecule has 1 saturated heterocycles. The molecular formula is C18H25N3O6S. The molecule has 2 aliphatic rings. The Morgan fingerprint density at radius 3 is 2.36 bits per heavy atom. The van der Waals surface area contributed by atoms with E-state index in [0.29, 0.717) is 56.3 Å². The van der Waals surface area contributed by atoms with Gasteiger partial charge in [-0.2, -0.15) is 0 Å². The number of hydrogen-bond donors (Lipinski definition) is 1. The van der Waals surface area contributed by atoms with Crippen molar-refractivity contribution in [2.45, 2.75) is 25.8 Å². The van der Waals surface area contributed by atoms with Crippen LogP contribution < -0.4 is 19.5 Å². The highest BCUT2D eigenvalue weighted by atomic mass is 32.2. The molecule has 0 aliphatic carbocycles. The summed E-state index contributed by atoms with van der Waals surface area (Å²) in [5.41, 5.74) is 5.67. The molecule has 2 N–H and O–H groups in total. The molecule has 0 bridgehead atoms. The molecule has 154 valence electrons. The lowest BCUT2D eigenvalue weighted by atomic mass is 9.96. The quantitative estimate of drug-likeness (QED) is 0.746. The van der Waals surface area contributed by atoms with E-state index in [-0.39, 0.29) is 17.7 Å². The first-order chi connectivity index (χ1) is 13.2. The van der Waals surface area contributed by atoms with Gasteiger partial charge in [0, 0.05) is 25.1 Å². The molecule has 2 aliphatic heterocycles. The topological polar surface area (TPSA) is 119 Å². The Labute approximate surface area is 164 Å². The molecule has 10 heteroatoms. The Morgan fingerprint density at radius 2 is 1.79 bits per heavy atom. The van der Waals surface area contributed by atoms with Crippen molar-refractivity contribution in [2.75, 3.05) is 36.9 Å². The number of primary amides is 1. The normalized spacial score (nSPS) is 18.4. The maximum atomic E-state index is 13.0. The summed E-state index contributed by atoms with van der Waals surface area (Å²) in [4.78, 5) is 25.9. The maximum Gasteiger partial charge on any atom is 0.246 e. The fourth-order valence-corrected chi connectivity index (χ4v) is 4.78. The SMILES string of the molecule is C[C@@H](C(=O)N1CCC(C(N)=O)CC1)N(c1ccc2c(c1)OCCO2)S(C)(=O)=O. The Kier molecular flexibility index (Phi) is 5.69. The van der Waals surface area contributed by atoms with Gasteiger partial charge in [-0.05, 0) is 31.9 Å². The second-order valence-electron chi connectivity index (χ2n) is 7.06. The molecule has 2 amide bonds. The van der Waals surface area contributed by atoms with Gasteiger partial charge in [0.2, 0.25) is 21.8 Å². The van der Waals surface area contributed by atoms with Crippen LogP contribution in [0.5, 0.6) is 11.5 Å². The predicted octanol–water partition coefficient (Wildman–Crippen LogP) is 0.336. The van der Waals surface area contributed by atoms with Crippen LogP contribution in [0.1, 0.15) is 19.8 Å². The zero-order valence-electron chi connectivity index (χ0n) is 16.0. The smallest absolute Gasteiger partial charge is 0.246 e. The van der Waals surface area contributed by atoms with Gasteiger partial charge in [-0.25, -0.2) is 8.42 Å². The lowest BCUT2D eigenvalue weighted by molar-refractivity contribution is -0.135. The number of likely N-dealkylation sites (tertiary alicyclic amines) is 1. The van der Waals surface area contributed by atoms with E-state index in [4.69, 9.17) is 15.2 Å². The Hall–Kier alpha value is -2.49. The molecule has 1 aromatic carbocycles. The third-order valence-corrected chi connectivity index (χ3v) is 6.30. The van der Waals surface area contributed by atoms with Gasteiger partial charge in [0.15, 0.2) is 11.5 Å². The summed E-state index contributed by atoms with van der Waals surface area (Å²) >= 11 is 0. The van der Waals surface area contributed by atoms with Crippen molar-refractivity contribution in [1.29, 1.82) is 0 Å². The first-order valence-corrected chi connectivity index (χ1v) is 11.0. The number of sulfonamides is 1.